The van der Waals surface area contributed by atoms with Crippen LogP contribution in [-0.2, 0) is 10.9 Å². The van der Waals surface area contributed by atoms with Crippen LogP contribution in [0.1, 0.15) is 50.0 Å². The van der Waals surface area contributed by atoms with Crippen LogP contribution >= 0.6 is 0 Å². The average molecular weight is 300 g/mol. The van der Waals surface area contributed by atoms with Crippen molar-refractivity contribution in [1.29, 1.82) is 0 Å². The molecule has 2 nitrogen and oxygen atoms in total. The van der Waals surface area contributed by atoms with Crippen molar-refractivity contribution in [2.75, 3.05) is 0 Å². The average Bonchev–Trinajstić information content (AvgIpc) is 2.55. The van der Waals surface area contributed by atoms with E-state index in [-0.39, 0.29) is 5.56 Å². The zero-order chi connectivity index (χ0) is 16.1. The van der Waals surface area contributed by atoms with Gasteiger partial charge in [-0.15, -0.1) is 0 Å². The molecule has 0 bridgehead atoms. The summed E-state index contributed by atoms with van der Waals surface area (Å²) in [6, 6.07) is 4.93. The number of rotatable bonds is 2. The lowest BCUT2D eigenvalue weighted by Crippen LogP contribution is -2.34. The van der Waals surface area contributed by atoms with Gasteiger partial charge in [0.15, 0.2) is 5.78 Å². The smallest absolute Gasteiger partial charge is 0.369 e. The first-order valence-corrected chi connectivity index (χ1v) is 6.85. The van der Waals surface area contributed by atoms with E-state index in [1.807, 2.05) is 13.8 Å². The first kappa shape index (κ1) is 16.0. The SMILES string of the molecule is CC1(C)CC(C(=O)c2ccccc2C(F)(F)F)C(C)(C)O1. The molecular formula is C16H19F3O2. The van der Waals surface area contributed by atoms with Gasteiger partial charge in [-0.3, -0.25) is 4.79 Å². The predicted molar refractivity (Wildman–Crippen MR) is 73.1 cm³/mol. The minimum Gasteiger partial charge on any atom is -0.369 e. The van der Waals surface area contributed by atoms with Crippen LogP contribution in [0.15, 0.2) is 24.3 Å². The summed E-state index contributed by atoms with van der Waals surface area (Å²) in [4.78, 5) is 12.6. The Morgan fingerprint density at radius 1 is 1.19 bits per heavy atom. The van der Waals surface area contributed by atoms with Crippen LogP contribution < -0.4 is 0 Å². The van der Waals surface area contributed by atoms with E-state index in [4.69, 9.17) is 4.74 Å². The molecule has 116 valence electrons. The third-order valence-electron chi connectivity index (χ3n) is 3.89. The van der Waals surface area contributed by atoms with Gasteiger partial charge in [-0.1, -0.05) is 18.2 Å². The number of ether oxygens (including phenoxy) is 1. The van der Waals surface area contributed by atoms with Crippen LogP contribution in [0.25, 0.3) is 0 Å². The summed E-state index contributed by atoms with van der Waals surface area (Å²) in [7, 11) is 0. The Labute approximate surface area is 122 Å². The molecule has 1 aliphatic heterocycles. The summed E-state index contributed by atoms with van der Waals surface area (Å²) in [6.45, 7) is 7.19. The lowest BCUT2D eigenvalue weighted by Gasteiger charge is -2.27. The normalized spacial score (nSPS) is 24.0. The maximum absolute atomic E-state index is 13.1. The number of alkyl halides is 3. The van der Waals surface area contributed by atoms with E-state index in [1.54, 1.807) is 13.8 Å². The number of Topliss-reactive ketones (excluding diaryl/α,β-unsaturated/α-hetero) is 1. The lowest BCUT2D eigenvalue weighted by atomic mass is 9.80. The van der Waals surface area contributed by atoms with Crippen molar-refractivity contribution in [2.45, 2.75) is 51.5 Å². The van der Waals surface area contributed by atoms with E-state index in [9.17, 15) is 18.0 Å². The van der Waals surface area contributed by atoms with Crippen molar-refractivity contribution < 1.29 is 22.7 Å². The Bertz CT molecular complexity index is 559. The Morgan fingerprint density at radius 3 is 2.24 bits per heavy atom. The summed E-state index contributed by atoms with van der Waals surface area (Å²) in [6.07, 6.45) is -4.13. The van der Waals surface area contributed by atoms with Crippen molar-refractivity contribution in [3.63, 3.8) is 0 Å². The van der Waals surface area contributed by atoms with Crippen molar-refractivity contribution in [2.24, 2.45) is 5.92 Å². The molecular weight excluding hydrogens is 281 g/mol. The van der Waals surface area contributed by atoms with Gasteiger partial charge in [0.25, 0.3) is 0 Å². The van der Waals surface area contributed by atoms with Gasteiger partial charge in [-0.2, -0.15) is 13.2 Å². The monoisotopic (exact) mass is 300 g/mol. The van der Waals surface area contributed by atoms with Gasteiger partial charge >= 0.3 is 6.18 Å². The molecule has 1 aromatic rings. The van der Waals surface area contributed by atoms with Gasteiger partial charge in [0.1, 0.15) is 0 Å². The first-order chi connectivity index (χ1) is 9.44. The van der Waals surface area contributed by atoms with Gasteiger partial charge in [0.2, 0.25) is 0 Å². The van der Waals surface area contributed by atoms with E-state index in [2.05, 4.69) is 0 Å². The third-order valence-corrected chi connectivity index (χ3v) is 3.89. The van der Waals surface area contributed by atoms with Crippen molar-refractivity contribution in [1.82, 2.24) is 0 Å². The highest BCUT2D eigenvalue weighted by atomic mass is 19.4. The van der Waals surface area contributed by atoms with Crippen LogP contribution in [0, 0.1) is 5.92 Å². The van der Waals surface area contributed by atoms with E-state index in [0.29, 0.717) is 6.42 Å². The molecule has 1 heterocycles. The fourth-order valence-electron chi connectivity index (χ4n) is 3.10. The molecule has 0 saturated carbocycles. The number of ketones is 1. The summed E-state index contributed by atoms with van der Waals surface area (Å²) >= 11 is 0. The number of benzene rings is 1. The van der Waals surface area contributed by atoms with Gasteiger partial charge in [0, 0.05) is 5.56 Å². The summed E-state index contributed by atoms with van der Waals surface area (Å²) < 4.78 is 45.0. The number of hydrogen-bond acceptors (Lipinski definition) is 2. The molecule has 5 heteroatoms. The largest absolute Gasteiger partial charge is 0.417 e. The molecule has 0 aliphatic carbocycles. The molecule has 0 radical (unpaired) electrons. The molecule has 1 unspecified atom stereocenters. The topological polar surface area (TPSA) is 26.3 Å². The minimum atomic E-state index is -4.54. The molecule has 2 rings (SSSR count). The van der Waals surface area contributed by atoms with Gasteiger partial charge < -0.3 is 4.74 Å². The van der Waals surface area contributed by atoms with Gasteiger partial charge in [0.05, 0.1) is 22.7 Å². The standard InChI is InChI=1S/C16H19F3O2/c1-14(2)9-12(15(3,4)21-14)13(20)10-7-5-6-8-11(10)16(17,18)19/h5-8,12H,9H2,1-4H3. The Hall–Kier alpha value is -1.36. The predicted octanol–water partition coefficient (Wildman–Crippen LogP) is 4.48. The highest BCUT2D eigenvalue weighted by Gasteiger charge is 2.50. The molecule has 1 saturated heterocycles. The van der Waals surface area contributed by atoms with E-state index < -0.39 is 34.6 Å². The maximum atomic E-state index is 13.1. The second kappa shape index (κ2) is 4.83. The minimum absolute atomic E-state index is 0.274. The molecule has 0 aromatic heterocycles. The third kappa shape index (κ3) is 3.12. The molecule has 21 heavy (non-hydrogen) atoms. The Morgan fingerprint density at radius 2 is 1.76 bits per heavy atom. The molecule has 0 N–H and O–H groups in total. The maximum Gasteiger partial charge on any atom is 0.417 e. The fraction of sp³-hybridized carbons (Fsp3) is 0.562. The number of hydrogen-bond donors (Lipinski definition) is 0. The number of halogens is 3. The second-order valence-corrected chi connectivity index (χ2v) is 6.63. The van der Waals surface area contributed by atoms with Crippen LogP contribution in [-0.4, -0.2) is 17.0 Å². The Kier molecular flexibility index (Phi) is 3.69. The summed E-state index contributed by atoms with van der Waals surface area (Å²) in [5, 5.41) is 0. The Balaban J connectivity index is 2.43. The molecule has 1 atom stereocenters. The zero-order valence-electron chi connectivity index (χ0n) is 12.5. The quantitative estimate of drug-likeness (QED) is 0.753. The zero-order valence-corrected chi connectivity index (χ0v) is 12.5. The van der Waals surface area contributed by atoms with Crippen LogP contribution in [0.4, 0.5) is 13.2 Å². The molecule has 1 fully saturated rings. The van der Waals surface area contributed by atoms with E-state index in [1.165, 1.54) is 18.2 Å². The van der Waals surface area contributed by atoms with Crippen LogP contribution in [0.2, 0.25) is 0 Å². The summed E-state index contributed by atoms with van der Waals surface area (Å²) in [5.41, 5.74) is -2.45. The number of carbonyl (C=O) groups is 1. The first-order valence-electron chi connectivity index (χ1n) is 6.85. The molecule has 0 spiro atoms. The second-order valence-electron chi connectivity index (χ2n) is 6.63. The van der Waals surface area contributed by atoms with Gasteiger partial charge in [-0.05, 0) is 40.2 Å². The highest BCUT2D eigenvalue weighted by Crippen LogP contribution is 2.44. The highest BCUT2D eigenvalue weighted by molar-refractivity contribution is 6.00. The van der Waals surface area contributed by atoms with Crippen molar-refractivity contribution in [3.05, 3.63) is 35.4 Å². The van der Waals surface area contributed by atoms with Crippen LogP contribution in [0.5, 0.6) is 0 Å². The molecule has 1 aliphatic rings. The lowest BCUT2D eigenvalue weighted by molar-refractivity contribution is -0.138. The van der Waals surface area contributed by atoms with Crippen LogP contribution in [0.3, 0.4) is 0 Å². The fourth-order valence-corrected chi connectivity index (χ4v) is 3.10. The summed E-state index contributed by atoms with van der Waals surface area (Å²) in [5.74, 6) is -1.09. The molecule has 1 aromatic carbocycles. The van der Waals surface area contributed by atoms with Gasteiger partial charge in [-0.25, -0.2) is 0 Å². The van der Waals surface area contributed by atoms with E-state index in [0.717, 1.165) is 6.07 Å². The molecule has 0 amide bonds. The van der Waals surface area contributed by atoms with E-state index >= 15 is 0 Å². The number of carbonyl (C=O) groups excluding carboxylic acids is 1. The van der Waals surface area contributed by atoms with Crippen molar-refractivity contribution in [3.8, 4) is 0 Å². The van der Waals surface area contributed by atoms with Crippen molar-refractivity contribution >= 4 is 5.78 Å².